The van der Waals surface area contributed by atoms with E-state index in [0.717, 1.165) is 17.3 Å². The molecule has 0 spiro atoms. The van der Waals surface area contributed by atoms with E-state index in [4.69, 9.17) is 11.1 Å². The highest BCUT2D eigenvalue weighted by atomic mass is 19.4. The van der Waals surface area contributed by atoms with Gasteiger partial charge in [0, 0.05) is 60.8 Å². The first-order valence-corrected chi connectivity index (χ1v) is 9.56. The predicted molar refractivity (Wildman–Crippen MR) is 114 cm³/mol. The largest absolute Gasteiger partial charge is 0.404 e. The van der Waals surface area contributed by atoms with E-state index in [0.29, 0.717) is 35.4 Å². The van der Waals surface area contributed by atoms with Gasteiger partial charge in [0.15, 0.2) is 0 Å². The molecule has 9 heteroatoms. The van der Waals surface area contributed by atoms with Crippen molar-refractivity contribution in [3.8, 4) is 0 Å². The lowest BCUT2D eigenvalue weighted by Gasteiger charge is -2.29. The van der Waals surface area contributed by atoms with Crippen molar-refractivity contribution in [2.24, 2.45) is 5.73 Å². The molecule has 1 amide bonds. The molecule has 0 saturated carbocycles. The number of aromatic nitrogens is 1. The number of benzene rings is 1. The Morgan fingerprint density at radius 1 is 1.29 bits per heavy atom. The van der Waals surface area contributed by atoms with E-state index in [1.807, 2.05) is 6.07 Å². The van der Waals surface area contributed by atoms with Gasteiger partial charge >= 0.3 is 6.18 Å². The fraction of sp³-hybridized carbons (Fsp3) is 0.227. The van der Waals surface area contributed by atoms with Gasteiger partial charge in [-0.1, -0.05) is 6.07 Å². The van der Waals surface area contributed by atoms with E-state index in [1.54, 1.807) is 36.7 Å². The van der Waals surface area contributed by atoms with Crippen molar-refractivity contribution in [2.75, 3.05) is 18.4 Å². The van der Waals surface area contributed by atoms with Crippen molar-refractivity contribution in [1.82, 2.24) is 9.88 Å². The highest BCUT2D eigenvalue weighted by Crippen LogP contribution is 2.26. The number of carbonyl (C=O) groups is 1. The Morgan fingerprint density at radius 2 is 2.10 bits per heavy atom. The Morgan fingerprint density at radius 3 is 2.81 bits per heavy atom. The molecule has 2 heterocycles. The number of alkyl halides is 3. The molecule has 162 valence electrons. The Bertz CT molecular complexity index is 1030. The van der Waals surface area contributed by atoms with E-state index < -0.39 is 18.6 Å². The molecule has 4 N–H and O–H groups in total. The third-order valence-electron chi connectivity index (χ3n) is 4.88. The van der Waals surface area contributed by atoms with Crippen molar-refractivity contribution in [3.63, 3.8) is 0 Å². The SMILES string of the molecule is N=C/C(=C\N)c1ccncc1/C=C/C(=O)Nc1ccc2c(c1)CN(CC(F)(F)F)CC2. The standard InChI is InChI=1S/C22H22F3N5O/c23-22(24,25)14-30-8-6-15-1-3-19(9-17(15)13-30)29-21(31)4-2-16-12-28-7-5-20(16)18(10-26)11-27/h1-5,7,9-12,26H,6,8,13-14,27H2,(H,29,31)/b4-2+,18-11+,26-10?. The van der Waals surface area contributed by atoms with Crippen molar-refractivity contribution < 1.29 is 18.0 Å². The molecule has 31 heavy (non-hydrogen) atoms. The average molecular weight is 429 g/mol. The van der Waals surface area contributed by atoms with Crippen LogP contribution in [0.2, 0.25) is 0 Å². The molecule has 1 aliphatic rings. The Labute approximate surface area is 177 Å². The van der Waals surface area contributed by atoms with Crippen LogP contribution in [-0.2, 0) is 17.8 Å². The van der Waals surface area contributed by atoms with Crippen LogP contribution < -0.4 is 11.1 Å². The van der Waals surface area contributed by atoms with Crippen LogP contribution in [0.1, 0.15) is 22.3 Å². The van der Waals surface area contributed by atoms with Gasteiger partial charge in [-0.3, -0.25) is 14.7 Å². The quantitative estimate of drug-likeness (QED) is 0.483. The molecule has 0 atom stereocenters. The summed E-state index contributed by atoms with van der Waals surface area (Å²) >= 11 is 0. The van der Waals surface area contributed by atoms with Gasteiger partial charge in [0.1, 0.15) is 0 Å². The lowest BCUT2D eigenvalue weighted by Crippen LogP contribution is -2.38. The molecule has 0 fully saturated rings. The molecule has 0 aliphatic carbocycles. The monoisotopic (exact) mass is 429 g/mol. The Hall–Kier alpha value is -3.46. The number of nitrogens with two attached hydrogens (primary N) is 1. The highest BCUT2D eigenvalue weighted by molar-refractivity contribution is 6.10. The summed E-state index contributed by atoms with van der Waals surface area (Å²) in [5, 5.41) is 10.2. The summed E-state index contributed by atoms with van der Waals surface area (Å²) in [6, 6.07) is 6.98. The number of fused-ring (bicyclic) bond motifs is 1. The number of hydrogen-bond donors (Lipinski definition) is 3. The number of allylic oxidation sites excluding steroid dienone is 1. The van der Waals surface area contributed by atoms with Crippen LogP contribution in [0.5, 0.6) is 0 Å². The number of nitrogens with one attached hydrogen (secondary N) is 2. The van der Waals surface area contributed by atoms with E-state index in [9.17, 15) is 18.0 Å². The summed E-state index contributed by atoms with van der Waals surface area (Å²) in [7, 11) is 0. The number of amides is 1. The molecule has 1 aromatic carbocycles. The molecule has 0 bridgehead atoms. The third kappa shape index (κ3) is 6.02. The minimum Gasteiger partial charge on any atom is -0.404 e. The molecule has 2 aromatic rings. The molecule has 1 aliphatic heterocycles. The first-order valence-electron chi connectivity index (χ1n) is 9.56. The summed E-state index contributed by atoms with van der Waals surface area (Å²) in [5.41, 5.74) is 9.57. The zero-order chi connectivity index (χ0) is 22.4. The highest BCUT2D eigenvalue weighted by Gasteiger charge is 2.32. The second-order valence-corrected chi connectivity index (χ2v) is 7.11. The lowest BCUT2D eigenvalue weighted by atomic mass is 9.99. The second kappa shape index (κ2) is 9.57. The van der Waals surface area contributed by atoms with Crippen molar-refractivity contribution in [1.29, 1.82) is 5.41 Å². The van der Waals surface area contributed by atoms with Crippen LogP contribution in [0.4, 0.5) is 18.9 Å². The van der Waals surface area contributed by atoms with Gasteiger partial charge < -0.3 is 16.5 Å². The number of rotatable bonds is 6. The summed E-state index contributed by atoms with van der Waals surface area (Å²) in [4.78, 5) is 17.7. The molecule has 1 aromatic heterocycles. The van der Waals surface area contributed by atoms with Crippen molar-refractivity contribution in [2.45, 2.75) is 19.1 Å². The van der Waals surface area contributed by atoms with Gasteiger partial charge in [0.25, 0.3) is 0 Å². The minimum atomic E-state index is -4.24. The van der Waals surface area contributed by atoms with Gasteiger partial charge in [-0.15, -0.1) is 0 Å². The van der Waals surface area contributed by atoms with Crippen LogP contribution >= 0.6 is 0 Å². The number of nitrogens with zero attached hydrogens (tertiary/aromatic N) is 2. The van der Waals surface area contributed by atoms with Gasteiger partial charge in [0.2, 0.25) is 5.91 Å². The maximum Gasteiger partial charge on any atom is 0.401 e. The summed E-state index contributed by atoms with van der Waals surface area (Å²) in [6.07, 6.45) is 4.72. The normalized spacial score (nSPS) is 15.0. The van der Waals surface area contributed by atoms with Gasteiger partial charge in [-0.2, -0.15) is 13.2 Å². The van der Waals surface area contributed by atoms with Crippen LogP contribution in [0.25, 0.3) is 11.6 Å². The number of pyridine rings is 1. The first-order chi connectivity index (χ1) is 14.8. The maximum absolute atomic E-state index is 12.7. The average Bonchev–Trinajstić information content (AvgIpc) is 2.72. The molecule has 3 rings (SSSR count). The molecule has 0 unspecified atom stereocenters. The second-order valence-electron chi connectivity index (χ2n) is 7.11. The molecule has 6 nitrogen and oxygen atoms in total. The summed E-state index contributed by atoms with van der Waals surface area (Å²) in [5.74, 6) is -0.397. The molecular weight excluding hydrogens is 407 g/mol. The van der Waals surface area contributed by atoms with Crippen molar-refractivity contribution >= 4 is 29.5 Å². The minimum absolute atomic E-state index is 0.186. The predicted octanol–water partition coefficient (Wildman–Crippen LogP) is 3.60. The van der Waals surface area contributed by atoms with Crippen LogP contribution in [0, 0.1) is 5.41 Å². The first kappa shape index (κ1) is 22.2. The molecular formula is C22H22F3N5O. The number of halogens is 3. The van der Waals surface area contributed by atoms with E-state index >= 15 is 0 Å². The number of anilines is 1. The van der Waals surface area contributed by atoms with Gasteiger partial charge in [-0.05, 0) is 47.4 Å². The van der Waals surface area contributed by atoms with E-state index in [1.165, 1.54) is 17.2 Å². The van der Waals surface area contributed by atoms with E-state index in [2.05, 4.69) is 10.3 Å². The number of hydrogen-bond acceptors (Lipinski definition) is 5. The Kier molecular flexibility index (Phi) is 6.86. The molecule has 0 radical (unpaired) electrons. The van der Waals surface area contributed by atoms with Crippen LogP contribution in [-0.4, -0.2) is 41.3 Å². The van der Waals surface area contributed by atoms with Crippen LogP contribution in [0.3, 0.4) is 0 Å². The summed E-state index contributed by atoms with van der Waals surface area (Å²) < 4.78 is 38.0. The number of carbonyl (C=O) groups excluding carboxylic acids is 1. The van der Waals surface area contributed by atoms with E-state index in [-0.39, 0.29) is 6.54 Å². The fourth-order valence-electron chi connectivity index (χ4n) is 3.45. The Balaban J connectivity index is 1.70. The zero-order valence-corrected chi connectivity index (χ0v) is 16.6. The van der Waals surface area contributed by atoms with Gasteiger partial charge in [-0.25, -0.2) is 0 Å². The van der Waals surface area contributed by atoms with Crippen LogP contribution in [0.15, 0.2) is 48.9 Å². The van der Waals surface area contributed by atoms with Gasteiger partial charge in [0.05, 0.1) is 6.54 Å². The topological polar surface area (TPSA) is 95.1 Å². The third-order valence-corrected chi connectivity index (χ3v) is 4.88. The zero-order valence-electron chi connectivity index (χ0n) is 16.6. The lowest BCUT2D eigenvalue weighted by molar-refractivity contribution is -0.147. The smallest absolute Gasteiger partial charge is 0.401 e. The molecule has 0 saturated heterocycles. The fourth-order valence-corrected chi connectivity index (χ4v) is 3.45. The van der Waals surface area contributed by atoms with Crippen molar-refractivity contribution in [3.05, 3.63) is 71.2 Å². The maximum atomic E-state index is 12.7. The summed E-state index contributed by atoms with van der Waals surface area (Å²) in [6.45, 7) is -0.414.